The van der Waals surface area contributed by atoms with Gasteiger partial charge in [0.1, 0.15) is 0 Å². The molecule has 0 bridgehead atoms. The van der Waals surface area contributed by atoms with E-state index in [1.165, 1.54) is 6.33 Å². The highest BCUT2D eigenvalue weighted by Gasteiger charge is 2.13. The van der Waals surface area contributed by atoms with Crippen molar-refractivity contribution in [3.05, 3.63) is 42.0 Å². The minimum absolute atomic E-state index is 0.208. The molecule has 0 aliphatic rings. The van der Waals surface area contributed by atoms with Crippen molar-refractivity contribution in [2.75, 3.05) is 13.1 Å². The zero-order valence-electron chi connectivity index (χ0n) is 11.5. The van der Waals surface area contributed by atoms with Crippen LogP contribution in [0.25, 0.3) is 0 Å². The molecule has 3 N–H and O–H groups in total. The number of nitrogens with zero attached hydrogens (tertiary/aromatic N) is 2. The van der Waals surface area contributed by atoms with Gasteiger partial charge in [0.25, 0.3) is 0 Å². The van der Waals surface area contributed by atoms with Gasteiger partial charge >= 0.3 is 0 Å². The first kappa shape index (κ1) is 15.6. The smallest absolute Gasteiger partial charge is 0.240 e. The Bertz CT molecular complexity index is 639. The maximum atomic E-state index is 12.1. The van der Waals surface area contributed by atoms with Crippen LogP contribution < -0.4 is 10.5 Å². The topological polar surface area (TPSA) is 111 Å². The average Bonchev–Trinajstić information content (AvgIpc) is 2.98. The van der Waals surface area contributed by atoms with Crippen LogP contribution in [-0.4, -0.2) is 31.6 Å². The lowest BCUT2D eigenvalue weighted by Gasteiger charge is -2.06. The Balaban J connectivity index is 1.92. The number of aromatic nitrogens is 2. The molecule has 1 heterocycles. The molecular formula is C13H18N4O3S. The van der Waals surface area contributed by atoms with Crippen molar-refractivity contribution in [1.29, 1.82) is 0 Å². The lowest BCUT2D eigenvalue weighted by Crippen LogP contribution is -2.26. The number of hydrogen-bond acceptors (Lipinski definition) is 6. The molecule has 0 fully saturated rings. The number of rotatable bonds is 8. The Morgan fingerprint density at radius 3 is 2.57 bits per heavy atom. The third-order valence-electron chi connectivity index (χ3n) is 2.94. The van der Waals surface area contributed by atoms with E-state index in [1.54, 1.807) is 12.1 Å². The minimum atomic E-state index is -3.52. The van der Waals surface area contributed by atoms with Crippen LogP contribution >= 0.6 is 0 Å². The van der Waals surface area contributed by atoms with E-state index in [4.69, 9.17) is 10.3 Å². The second kappa shape index (κ2) is 7.30. The monoisotopic (exact) mass is 310 g/mol. The molecule has 0 aliphatic carbocycles. The molecule has 2 rings (SSSR count). The Labute approximate surface area is 123 Å². The van der Waals surface area contributed by atoms with E-state index >= 15 is 0 Å². The van der Waals surface area contributed by atoms with Crippen LogP contribution in [-0.2, 0) is 22.9 Å². The quantitative estimate of drug-likeness (QED) is 0.733. The number of hydrogen-bond donors (Lipinski definition) is 2. The second-order valence-corrected chi connectivity index (χ2v) is 6.29. The fourth-order valence-electron chi connectivity index (χ4n) is 1.82. The first-order chi connectivity index (χ1) is 10.1. The summed E-state index contributed by atoms with van der Waals surface area (Å²) in [4.78, 5) is 4.07. The Kier molecular flexibility index (Phi) is 5.43. The summed E-state index contributed by atoms with van der Waals surface area (Å²) in [6, 6.07) is 6.81. The standard InChI is InChI=1S/C13H18N4O3S/c14-8-1-2-11-3-5-12(6-4-11)21(18,19)17-9-7-13-15-10-16-20-13/h3-6,10,17H,1-2,7-9,14H2. The van der Waals surface area contributed by atoms with Crippen LogP contribution in [0.2, 0.25) is 0 Å². The summed E-state index contributed by atoms with van der Waals surface area (Å²) in [5.74, 6) is 0.398. The molecule has 2 aromatic rings. The van der Waals surface area contributed by atoms with Gasteiger partial charge in [-0.25, -0.2) is 13.1 Å². The molecule has 0 atom stereocenters. The summed E-state index contributed by atoms with van der Waals surface area (Å²) in [7, 11) is -3.52. The molecule has 0 aliphatic heterocycles. The molecule has 114 valence electrons. The molecule has 1 aromatic heterocycles. The van der Waals surface area contributed by atoms with E-state index in [1.807, 2.05) is 12.1 Å². The van der Waals surface area contributed by atoms with Gasteiger partial charge in [-0.05, 0) is 37.1 Å². The summed E-state index contributed by atoms with van der Waals surface area (Å²) in [5.41, 5.74) is 6.52. The van der Waals surface area contributed by atoms with E-state index in [0.717, 1.165) is 18.4 Å². The van der Waals surface area contributed by atoms with Gasteiger partial charge in [-0.15, -0.1) is 0 Å². The summed E-state index contributed by atoms with van der Waals surface area (Å²) in [5, 5.41) is 3.46. The van der Waals surface area contributed by atoms with E-state index in [9.17, 15) is 8.42 Å². The normalized spacial score (nSPS) is 11.7. The minimum Gasteiger partial charge on any atom is -0.340 e. The van der Waals surface area contributed by atoms with Crippen molar-refractivity contribution in [2.24, 2.45) is 5.73 Å². The van der Waals surface area contributed by atoms with Gasteiger partial charge in [0.15, 0.2) is 6.33 Å². The molecule has 0 amide bonds. The Hall–Kier alpha value is -1.77. The summed E-state index contributed by atoms with van der Waals surface area (Å²) >= 11 is 0. The molecule has 0 spiro atoms. The molecule has 0 radical (unpaired) electrons. The first-order valence-electron chi connectivity index (χ1n) is 6.66. The van der Waals surface area contributed by atoms with Gasteiger partial charge in [0, 0.05) is 13.0 Å². The van der Waals surface area contributed by atoms with Crippen molar-refractivity contribution in [2.45, 2.75) is 24.2 Å². The van der Waals surface area contributed by atoms with Gasteiger partial charge in [0.05, 0.1) is 4.90 Å². The van der Waals surface area contributed by atoms with Gasteiger partial charge in [-0.3, -0.25) is 0 Å². The van der Waals surface area contributed by atoms with Crippen LogP contribution in [0.5, 0.6) is 0 Å². The largest absolute Gasteiger partial charge is 0.340 e. The zero-order valence-corrected chi connectivity index (χ0v) is 12.3. The van der Waals surface area contributed by atoms with Gasteiger partial charge in [-0.1, -0.05) is 17.3 Å². The number of benzene rings is 1. The first-order valence-corrected chi connectivity index (χ1v) is 8.14. The van der Waals surface area contributed by atoms with Crippen LogP contribution in [0.3, 0.4) is 0 Å². The lowest BCUT2D eigenvalue weighted by atomic mass is 10.1. The van der Waals surface area contributed by atoms with Gasteiger partial charge in [0.2, 0.25) is 15.9 Å². The molecule has 7 nitrogen and oxygen atoms in total. The van der Waals surface area contributed by atoms with Crippen molar-refractivity contribution in [1.82, 2.24) is 14.9 Å². The SMILES string of the molecule is NCCCc1ccc(S(=O)(=O)NCCc2ncno2)cc1. The van der Waals surface area contributed by atoms with E-state index in [0.29, 0.717) is 18.9 Å². The Morgan fingerprint density at radius 2 is 1.95 bits per heavy atom. The molecule has 0 saturated carbocycles. The van der Waals surface area contributed by atoms with Crippen LogP contribution in [0.15, 0.2) is 40.0 Å². The van der Waals surface area contributed by atoms with E-state index < -0.39 is 10.0 Å². The number of aryl methyl sites for hydroxylation is 1. The number of sulfonamides is 1. The highest BCUT2D eigenvalue weighted by Crippen LogP contribution is 2.11. The maximum absolute atomic E-state index is 12.1. The van der Waals surface area contributed by atoms with Crippen molar-refractivity contribution < 1.29 is 12.9 Å². The predicted molar refractivity (Wildman–Crippen MR) is 77.0 cm³/mol. The summed E-state index contributed by atoms with van der Waals surface area (Å²) in [6.07, 6.45) is 3.37. The summed E-state index contributed by atoms with van der Waals surface area (Å²) < 4.78 is 31.5. The molecule has 8 heteroatoms. The molecular weight excluding hydrogens is 292 g/mol. The maximum Gasteiger partial charge on any atom is 0.240 e. The summed E-state index contributed by atoms with van der Waals surface area (Å²) in [6.45, 7) is 0.830. The van der Waals surface area contributed by atoms with Crippen LogP contribution in [0.1, 0.15) is 17.9 Å². The van der Waals surface area contributed by atoms with E-state index in [-0.39, 0.29) is 11.4 Å². The highest BCUT2D eigenvalue weighted by molar-refractivity contribution is 7.89. The average molecular weight is 310 g/mol. The molecule has 21 heavy (non-hydrogen) atoms. The number of nitrogens with one attached hydrogen (secondary N) is 1. The highest BCUT2D eigenvalue weighted by atomic mass is 32.2. The molecule has 0 saturated heterocycles. The van der Waals surface area contributed by atoms with Crippen molar-refractivity contribution in [3.63, 3.8) is 0 Å². The van der Waals surface area contributed by atoms with Crippen molar-refractivity contribution in [3.8, 4) is 0 Å². The zero-order chi connectivity index (χ0) is 15.1. The predicted octanol–water partition coefficient (Wildman–Crippen LogP) is 0.482. The molecule has 0 unspecified atom stereocenters. The van der Waals surface area contributed by atoms with Gasteiger partial charge < -0.3 is 10.3 Å². The van der Waals surface area contributed by atoms with E-state index in [2.05, 4.69) is 14.9 Å². The van der Waals surface area contributed by atoms with Crippen LogP contribution in [0, 0.1) is 0 Å². The fraction of sp³-hybridized carbons (Fsp3) is 0.385. The molecule has 1 aromatic carbocycles. The van der Waals surface area contributed by atoms with Gasteiger partial charge in [-0.2, -0.15) is 4.98 Å². The lowest BCUT2D eigenvalue weighted by molar-refractivity contribution is 0.377. The number of nitrogens with two attached hydrogens (primary N) is 1. The third kappa shape index (κ3) is 4.62. The second-order valence-electron chi connectivity index (χ2n) is 4.52. The third-order valence-corrected chi connectivity index (χ3v) is 4.42. The Morgan fingerprint density at radius 1 is 1.19 bits per heavy atom. The van der Waals surface area contributed by atoms with Crippen LogP contribution in [0.4, 0.5) is 0 Å². The fourth-order valence-corrected chi connectivity index (χ4v) is 2.86. The van der Waals surface area contributed by atoms with Crippen molar-refractivity contribution >= 4 is 10.0 Å².